The van der Waals surface area contributed by atoms with E-state index in [0.717, 1.165) is 24.7 Å². The first-order valence-electron chi connectivity index (χ1n) is 5.58. The molecule has 1 N–H and O–H groups in total. The highest BCUT2D eigenvalue weighted by molar-refractivity contribution is 9.11. The predicted octanol–water partition coefficient (Wildman–Crippen LogP) is 5.82. The fraction of sp³-hybridized carbons (Fsp3) is 0.143. The Morgan fingerprint density at radius 3 is 2.05 bits per heavy atom. The molecule has 5 heteroatoms. The molecule has 2 nitrogen and oxygen atoms in total. The summed E-state index contributed by atoms with van der Waals surface area (Å²) in [6.07, 6.45) is -0.496. The molecule has 0 aliphatic rings. The van der Waals surface area contributed by atoms with Gasteiger partial charge in [0.05, 0.1) is 15.0 Å². The van der Waals surface area contributed by atoms with Crippen molar-refractivity contribution in [1.82, 2.24) is 0 Å². The van der Waals surface area contributed by atoms with Crippen LogP contribution in [0.3, 0.4) is 0 Å². The van der Waals surface area contributed by atoms with Gasteiger partial charge in [-0.3, -0.25) is 0 Å². The highest BCUT2D eigenvalue weighted by Gasteiger charge is 2.09. The number of ether oxygens (including phenoxy) is 1. The van der Waals surface area contributed by atoms with Gasteiger partial charge in [-0.15, -0.1) is 0 Å². The third-order valence-corrected chi connectivity index (χ3v) is 4.28. The fourth-order valence-electron chi connectivity index (χ4n) is 1.54. The molecule has 19 heavy (non-hydrogen) atoms. The molecule has 0 saturated carbocycles. The van der Waals surface area contributed by atoms with Gasteiger partial charge in [0.1, 0.15) is 11.5 Å². The summed E-state index contributed by atoms with van der Waals surface area (Å²) < 4.78 is 8.49. The maximum absolute atomic E-state index is 9.53. The van der Waals surface area contributed by atoms with Crippen LogP contribution in [0.25, 0.3) is 0 Å². The molecule has 0 radical (unpaired) electrons. The van der Waals surface area contributed by atoms with E-state index in [0.29, 0.717) is 5.75 Å². The standard InChI is InChI=1S/C14H11Br3O2/c1-8(18)9-2-4-13(11(16)6-9)19-14-5-3-10(15)7-12(14)17/h2-8,18H,1H3/t8-/m1/s1. The van der Waals surface area contributed by atoms with E-state index < -0.39 is 6.10 Å². The molecule has 0 aromatic heterocycles. The Morgan fingerprint density at radius 2 is 1.53 bits per heavy atom. The summed E-state index contributed by atoms with van der Waals surface area (Å²) in [5.41, 5.74) is 0.842. The Balaban J connectivity index is 2.28. The van der Waals surface area contributed by atoms with Crippen LogP contribution in [0.4, 0.5) is 0 Å². The smallest absolute Gasteiger partial charge is 0.141 e. The monoisotopic (exact) mass is 448 g/mol. The second-order valence-corrected chi connectivity index (χ2v) is 6.67. The Hall–Kier alpha value is -0.360. The zero-order valence-electron chi connectivity index (χ0n) is 10.0. The molecular weight excluding hydrogens is 440 g/mol. The van der Waals surface area contributed by atoms with Crippen LogP contribution in [0.1, 0.15) is 18.6 Å². The summed E-state index contributed by atoms with van der Waals surface area (Å²) in [6, 6.07) is 11.2. The molecule has 0 saturated heterocycles. The summed E-state index contributed by atoms with van der Waals surface area (Å²) in [5.74, 6) is 1.43. The van der Waals surface area contributed by atoms with Gasteiger partial charge in [0.15, 0.2) is 0 Å². The Bertz CT molecular complexity index is 597. The molecule has 2 aromatic carbocycles. The van der Waals surface area contributed by atoms with E-state index in [9.17, 15) is 5.11 Å². The quantitative estimate of drug-likeness (QED) is 0.638. The van der Waals surface area contributed by atoms with E-state index in [1.54, 1.807) is 6.92 Å². The van der Waals surface area contributed by atoms with Crippen LogP contribution in [0.15, 0.2) is 49.8 Å². The lowest BCUT2D eigenvalue weighted by Gasteiger charge is -2.12. The Morgan fingerprint density at radius 1 is 0.947 bits per heavy atom. The number of hydrogen-bond donors (Lipinski definition) is 1. The van der Waals surface area contributed by atoms with Crippen LogP contribution >= 0.6 is 47.8 Å². The van der Waals surface area contributed by atoms with Gasteiger partial charge in [0.2, 0.25) is 0 Å². The first-order valence-corrected chi connectivity index (χ1v) is 7.95. The average Bonchev–Trinajstić information content (AvgIpc) is 2.34. The van der Waals surface area contributed by atoms with Gasteiger partial charge in [-0.25, -0.2) is 0 Å². The average molecular weight is 451 g/mol. The van der Waals surface area contributed by atoms with Crippen molar-refractivity contribution in [2.75, 3.05) is 0 Å². The topological polar surface area (TPSA) is 29.5 Å². The number of aliphatic hydroxyl groups is 1. The molecule has 0 aliphatic heterocycles. The molecule has 0 aliphatic carbocycles. The summed E-state index contributed by atoms with van der Waals surface area (Å²) in [5, 5.41) is 9.53. The van der Waals surface area contributed by atoms with Crippen molar-refractivity contribution in [3.63, 3.8) is 0 Å². The molecule has 0 unspecified atom stereocenters. The number of rotatable bonds is 3. The SMILES string of the molecule is C[C@@H](O)c1ccc(Oc2ccc(Br)cc2Br)c(Br)c1. The van der Waals surface area contributed by atoms with Crippen molar-refractivity contribution in [3.8, 4) is 11.5 Å². The zero-order valence-corrected chi connectivity index (χ0v) is 14.8. The highest BCUT2D eigenvalue weighted by Crippen LogP contribution is 2.36. The summed E-state index contributed by atoms with van der Waals surface area (Å²) in [6.45, 7) is 1.73. The molecule has 2 rings (SSSR count). The number of benzene rings is 2. The van der Waals surface area contributed by atoms with Gasteiger partial charge in [0, 0.05) is 4.47 Å². The molecule has 0 bridgehead atoms. The summed E-state index contributed by atoms with van der Waals surface area (Å²) >= 11 is 10.3. The number of halogens is 3. The van der Waals surface area contributed by atoms with Gasteiger partial charge in [-0.05, 0) is 74.7 Å². The number of aliphatic hydroxyl groups excluding tert-OH is 1. The second kappa shape index (κ2) is 6.39. The van der Waals surface area contributed by atoms with Crippen LogP contribution < -0.4 is 4.74 Å². The van der Waals surface area contributed by atoms with Crippen LogP contribution in [0.5, 0.6) is 11.5 Å². The van der Waals surface area contributed by atoms with Crippen molar-refractivity contribution >= 4 is 47.8 Å². The van der Waals surface area contributed by atoms with Crippen molar-refractivity contribution in [1.29, 1.82) is 0 Å². The van der Waals surface area contributed by atoms with E-state index in [1.165, 1.54) is 0 Å². The van der Waals surface area contributed by atoms with Crippen LogP contribution in [0, 0.1) is 0 Å². The number of hydrogen-bond acceptors (Lipinski definition) is 2. The second-order valence-electron chi connectivity index (χ2n) is 4.04. The van der Waals surface area contributed by atoms with Crippen molar-refractivity contribution < 1.29 is 9.84 Å². The Kier molecular flexibility index (Phi) is 5.06. The molecule has 1 atom stereocenters. The summed E-state index contributed by atoms with van der Waals surface area (Å²) in [4.78, 5) is 0. The molecular formula is C14H11Br3O2. The minimum atomic E-state index is -0.496. The Labute approximate surface area is 137 Å². The normalized spacial score (nSPS) is 12.3. The van der Waals surface area contributed by atoms with Gasteiger partial charge < -0.3 is 9.84 Å². The van der Waals surface area contributed by atoms with E-state index in [2.05, 4.69) is 47.8 Å². The van der Waals surface area contributed by atoms with Crippen LogP contribution in [-0.2, 0) is 0 Å². The maximum Gasteiger partial charge on any atom is 0.141 e. The lowest BCUT2D eigenvalue weighted by Crippen LogP contribution is -1.92. The van der Waals surface area contributed by atoms with E-state index >= 15 is 0 Å². The lowest BCUT2D eigenvalue weighted by molar-refractivity contribution is 0.199. The zero-order chi connectivity index (χ0) is 14.0. The van der Waals surface area contributed by atoms with Crippen molar-refractivity contribution in [2.45, 2.75) is 13.0 Å². The molecule has 0 amide bonds. The van der Waals surface area contributed by atoms with E-state index in [4.69, 9.17) is 4.74 Å². The van der Waals surface area contributed by atoms with Gasteiger partial charge in [0.25, 0.3) is 0 Å². The first kappa shape index (κ1) is 15.0. The minimum Gasteiger partial charge on any atom is -0.455 e. The third-order valence-electron chi connectivity index (χ3n) is 2.55. The first-order chi connectivity index (χ1) is 8.97. The van der Waals surface area contributed by atoms with E-state index in [-0.39, 0.29) is 0 Å². The molecule has 2 aromatic rings. The van der Waals surface area contributed by atoms with Gasteiger partial charge >= 0.3 is 0 Å². The molecule has 0 fully saturated rings. The maximum atomic E-state index is 9.53. The van der Waals surface area contributed by atoms with Crippen molar-refractivity contribution in [3.05, 3.63) is 55.4 Å². The van der Waals surface area contributed by atoms with Crippen LogP contribution in [-0.4, -0.2) is 5.11 Å². The minimum absolute atomic E-state index is 0.496. The molecule has 100 valence electrons. The van der Waals surface area contributed by atoms with Crippen molar-refractivity contribution in [2.24, 2.45) is 0 Å². The van der Waals surface area contributed by atoms with E-state index in [1.807, 2.05) is 36.4 Å². The highest BCUT2D eigenvalue weighted by atomic mass is 79.9. The predicted molar refractivity (Wildman–Crippen MR) is 86.7 cm³/mol. The summed E-state index contributed by atoms with van der Waals surface area (Å²) in [7, 11) is 0. The largest absolute Gasteiger partial charge is 0.455 e. The molecule has 0 spiro atoms. The third kappa shape index (κ3) is 3.81. The van der Waals surface area contributed by atoms with Crippen LogP contribution in [0.2, 0.25) is 0 Å². The van der Waals surface area contributed by atoms with Gasteiger partial charge in [-0.2, -0.15) is 0 Å². The lowest BCUT2D eigenvalue weighted by atomic mass is 10.1. The van der Waals surface area contributed by atoms with Gasteiger partial charge in [-0.1, -0.05) is 22.0 Å². The fourth-order valence-corrected chi connectivity index (χ4v) is 3.14. The molecule has 0 heterocycles.